The molecule has 4 N–H and O–H groups in total. The van der Waals surface area contributed by atoms with Gasteiger partial charge in [0.05, 0.1) is 12.0 Å². The van der Waals surface area contributed by atoms with Crippen LogP contribution in [0.5, 0.6) is 0 Å². The number of fused-ring (bicyclic) bond motifs is 2. The van der Waals surface area contributed by atoms with Crippen LogP contribution in [0, 0.1) is 0 Å². The highest BCUT2D eigenvalue weighted by atomic mass is 16.1. The molecule has 0 unspecified atom stereocenters. The van der Waals surface area contributed by atoms with Crippen LogP contribution in [-0.4, -0.2) is 37.7 Å². The summed E-state index contributed by atoms with van der Waals surface area (Å²) in [6, 6.07) is 7.23. The fraction of sp³-hybridized carbons (Fsp3) is 0.188. The van der Waals surface area contributed by atoms with Crippen LogP contribution >= 0.6 is 0 Å². The summed E-state index contributed by atoms with van der Waals surface area (Å²) in [4.78, 5) is 32.5. The van der Waals surface area contributed by atoms with Crippen molar-refractivity contribution in [3.63, 3.8) is 0 Å². The first-order valence-electron chi connectivity index (χ1n) is 7.73. The second-order valence-electron chi connectivity index (χ2n) is 5.49. The lowest BCUT2D eigenvalue weighted by molar-refractivity contribution is -0.434. The topological polar surface area (TPSA) is 113 Å². The molecule has 0 aliphatic carbocycles. The van der Waals surface area contributed by atoms with E-state index in [-0.39, 0.29) is 11.9 Å². The number of carbonyl (C=O) groups excluding carboxylic acids is 1. The number of amides is 1. The van der Waals surface area contributed by atoms with E-state index in [4.69, 9.17) is 0 Å². The first-order valence-corrected chi connectivity index (χ1v) is 7.73. The van der Waals surface area contributed by atoms with Crippen molar-refractivity contribution in [3.8, 4) is 0 Å². The van der Waals surface area contributed by atoms with E-state index in [1.54, 1.807) is 17.7 Å². The number of amidine groups is 1. The van der Waals surface area contributed by atoms with Crippen LogP contribution in [0.3, 0.4) is 0 Å². The van der Waals surface area contributed by atoms with Crippen molar-refractivity contribution in [1.82, 2.24) is 19.9 Å². The lowest BCUT2D eigenvalue weighted by atomic mass is 10.1. The molecule has 0 spiro atoms. The van der Waals surface area contributed by atoms with Gasteiger partial charge in [-0.15, -0.1) is 0 Å². The Morgan fingerprint density at radius 1 is 1.25 bits per heavy atom. The summed E-state index contributed by atoms with van der Waals surface area (Å²) in [7, 11) is 0. The largest absolute Gasteiger partial charge is 0.355 e. The molecule has 1 aliphatic rings. The van der Waals surface area contributed by atoms with Crippen LogP contribution in [0.15, 0.2) is 41.9 Å². The highest BCUT2D eigenvalue weighted by Crippen LogP contribution is 2.21. The maximum absolute atomic E-state index is 12.3. The number of aromatic nitrogens is 4. The van der Waals surface area contributed by atoms with Gasteiger partial charge in [-0.2, -0.15) is 4.99 Å². The number of carbonyl (C=O) groups is 1. The molecule has 1 aliphatic heterocycles. The molecule has 3 heterocycles. The maximum atomic E-state index is 12.3. The van der Waals surface area contributed by atoms with Crippen LogP contribution in [0.1, 0.15) is 23.7 Å². The molecular weight excluding hydrogens is 306 g/mol. The van der Waals surface area contributed by atoms with Gasteiger partial charge in [-0.25, -0.2) is 25.1 Å². The summed E-state index contributed by atoms with van der Waals surface area (Å²) in [6.07, 6.45) is 3.80. The lowest BCUT2D eigenvalue weighted by Crippen LogP contribution is -2.94. The van der Waals surface area contributed by atoms with Gasteiger partial charge in [0.2, 0.25) is 5.84 Å². The lowest BCUT2D eigenvalue weighted by Gasteiger charge is -2.20. The summed E-state index contributed by atoms with van der Waals surface area (Å²) in [6.45, 7) is 2.03. The predicted octanol–water partition coefficient (Wildman–Crippen LogP) is 0.991. The number of H-pyrrole nitrogens is 1. The Labute approximate surface area is 137 Å². The predicted molar refractivity (Wildman–Crippen MR) is 89.2 cm³/mol. The summed E-state index contributed by atoms with van der Waals surface area (Å²) in [5.74, 6) is 1.32. The molecule has 1 aromatic carbocycles. The zero-order valence-corrected chi connectivity index (χ0v) is 13.0. The molecule has 0 radical (unpaired) electrons. The number of hydrogen-bond acceptors (Lipinski definition) is 6. The molecule has 4 rings (SSSR count). The fourth-order valence-corrected chi connectivity index (χ4v) is 2.77. The van der Waals surface area contributed by atoms with Crippen molar-refractivity contribution in [1.29, 1.82) is 0 Å². The summed E-state index contributed by atoms with van der Waals surface area (Å²) in [5.41, 5.74) is 2.67. The van der Waals surface area contributed by atoms with E-state index in [2.05, 4.69) is 30.2 Å². The molecule has 2 aromatic heterocycles. The Balaban J connectivity index is 1.68. The smallest absolute Gasteiger partial charge is 0.350 e. The van der Waals surface area contributed by atoms with Gasteiger partial charge in [0.15, 0.2) is 11.5 Å². The molecule has 1 amide bonds. The fourth-order valence-electron chi connectivity index (χ4n) is 2.77. The van der Waals surface area contributed by atoms with Gasteiger partial charge in [-0.3, -0.25) is 0 Å². The average Bonchev–Trinajstić information content (AvgIpc) is 3.09. The minimum atomic E-state index is -0.135. The molecule has 0 fully saturated rings. The first kappa shape index (κ1) is 14.5. The molecular formula is C16H16N7O+. The SMILES string of the molecule is CC[C@H](Nc1ncnc2nc[nH]c12)C1=Nc2ccccc2C(=O)[NH2+]1. The minimum absolute atomic E-state index is 0.0229. The number of hydrogen-bond donors (Lipinski definition) is 3. The Bertz CT molecular complexity index is 946. The number of para-hydroxylation sites is 1. The monoisotopic (exact) mass is 322 g/mol. The van der Waals surface area contributed by atoms with E-state index in [0.29, 0.717) is 28.6 Å². The van der Waals surface area contributed by atoms with E-state index in [1.807, 2.05) is 25.1 Å². The number of aliphatic imine (C=N–C) groups is 1. The molecule has 8 nitrogen and oxygen atoms in total. The Morgan fingerprint density at radius 2 is 2.12 bits per heavy atom. The first-order chi connectivity index (χ1) is 11.8. The van der Waals surface area contributed by atoms with Crippen molar-refractivity contribution in [2.24, 2.45) is 4.99 Å². The Kier molecular flexibility index (Phi) is 3.51. The second-order valence-corrected chi connectivity index (χ2v) is 5.49. The number of quaternary nitrogens is 1. The number of nitrogens with two attached hydrogens (primary N) is 1. The van der Waals surface area contributed by atoms with Gasteiger partial charge >= 0.3 is 5.91 Å². The Hall–Kier alpha value is -3.13. The van der Waals surface area contributed by atoms with Crippen molar-refractivity contribution in [2.75, 3.05) is 5.32 Å². The van der Waals surface area contributed by atoms with Crippen LogP contribution in [0.25, 0.3) is 11.2 Å². The number of nitrogens with one attached hydrogen (secondary N) is 2. The number of benzene rings is 1. The van der Waals surface area contributed by atoms with Crippen LogP contribution in [-0.2, 0) is 0 Å². The molecule has 0 saturated carbocycles. The average molecular weight is 322 g/mol. The molecule has 1 atom stereocenters. The number of imidazole rings is 1. The van der Waals surface area contributed by atoms with E-state index < -0.39 is 0 Å². The van der Waals surface area contributed by atoms with Gasteiger partial charge in [-0.1, -0.05) is 19.1 Å². The zero-order valence-electron chi connectivity index (χ0n) is 13.0. The van der Waals surface area contributed by atoms with E-state index in [9.17, 15) is 4.79 Å². The standard InChI is InChI=1S/C16H15N7O/c1-2-10(21-15-12-14(18-7-17-12)19-8-20-15)13-22-11-6-4-3-5-9(11)16(24)23-13/h3-8,10H,2H2,1H3,(H,22,23,24)(H2,17,18,19,20,21)/p+1/t10-/m0/s1. The second kappa shape index (κ2) is 5.82. The van der Waals surface area contributed by atoms with Crippen molar-refractivity contribution in [2.45, 2.75) is 19.4 Å². The number of anilines is 1. The molecule has 0 saturated heterocycles. The number of nitrogens with zero attached hydrogens (tertiary/aromatic N) is 4. The summed E-state index contributed by atoms with van der Waals surface area (Å²) >= 11 is 0. The highest BCUT2D eigenvalue weighted by Gasteiger charge is 2.29. The maximum Gasteiger partial charge on any atom is 0.350 e. The van der Waals surface area contributed by atoms with Crippen molar-refractivity contribution < 1.29 is 10.1 Å². The van der Waals surface area contributed by atoms with Crippen LogP contribution < -0.4 is 10.6 Å². The zero-order chi connectivity index (χ0) is 16.5. The highest BCUT2D eigenvalue weighted by molar-refractivity contribution is 6.03. The van der Waals surface area contributed by atoms with Gasteiger partial charge < -0.3 is 10.3 Å². The third-order valence-electron chi connectivity index (χ3n) is 4.00. The summed E-state index contributed by atoms with van der Waals surface area (Å²) in [5, 5.41) is 4.93. The third kappa shape index (κ3) is 2.42. The van der Waals surface area contributed by atoms with Gasteiger partial charge in [0.25, 0.3) is 0 Å². The van der Waals surface area contributed by atoms with Gasteiger partial charge in [0, 0.05) is 0 Å². The molecule has 3 aromatic rings. The number of primary amides is 1. The van der Waals surface area contributed by atoms with Crippen molar-refractivity contribution >= 4 is 34.4 Å². The molecule has 24 heavy (non-hydrogen) atoms. The van der Waals surface area contributed by atoms with Gasteiger partial charge in [-0.05, 0) is 18.6 Å². The van der Waals surface area contributed by atoms with E-state index >= 15 is 0 Å². The normalized spacial score (nSPS) is 15.0. The van der Waals surface area contributed by atoms with Crippen molar-refractivity contribution in [3.05, 3.63) is 42.5 Å². The molecule has 0 bridgehead atoms. The number of aromatic amines is 1. The third-order valence-corrected chi connectivity index (χ3v) is 4.00. The van der Waals surface area contributed by atoms with E-state index in [0.717, 1.165) is 11.9 Å². The molecule has 8 heteroatoms. The summed E-state index contributed by atoms with van der Waals surface area (Å²) < 4.78 is 0. The quantitative estimate of drug-likeness (QED) is 0.663. The van der Waals surface area contributed by atoms with Crippen LogP contribution in [0.4, 0.5) is 11.5 Å². The number of rotatable bonds is 4. The van der Waals surface area contributed by atoms with Crippen LogP contribution in [0.2, 0.25) is 0 Å². The van der Waals surface area contributed by atoms with E-state index in [1.165, 1.54) is 6.33 Å². The van der Waals surface area contributed by atoms with Gasteiger partial charge in [0.1, 0.15) is 23.4 Å². The Morgan fingerprint density at radius 3 is 3.00 bits per heavy atom. The molecule has 120 valence electrons. The minimum Gasteiger partial charge on any atom is -0.355 e.